The summed E-state index contributed by atoms with van der Waals surface area (Å²) >= 11 is 3.54. The van der Waals surface area contributed by atoms with E-state index in [-0.39, 0.29) is 0 Å². The van der Waals surface area contributed by atoms with E-state index in [1.54, 1.807) is 0 Å². The topological polar surface area (TPSA) is 57.4 Å². The number of fused-ring (bicyclic) bond motifs is 1. The van der Waals surface area contributed by atoms with Crippen LogP contribution in [0, 0.1) is 6.92 Å². The number of benzene rings is 1. The van der Waals surface area contributed by atoms with E-state index < -0.39 is 0 Å². The van der Waals surface area contributed by atoms with E-state index in [0.717, 1.165) is 46.0 Å². The number of nitrogens with two attached hydrogens (primary N) is 1. The molecule has 4 nitrogen and oxygen atoms in total. The molecule has 2 heterocycles. The molecule has 21 heavy (non-hydrogen) atoms. The van der Waals surface area contributed by atoms with Gasteiger partial charge < -0.3 is 15.2 Å². The largest absolute Gasteiger partial charge is 0.493 e. The van der Waals surface area contributed by atoms with Gasteiger partial charge in [0.2, 0.25) is 0 Å². The highest BCUT2D eigenvalue weighted by molar-refractivity contribution is 9.10. The van der Waals surface area contributed by atoms with E-state index in [1.165, 1.54) is 5.56 Å². The van der Waals surface area contributed by atoms with Gasteiger partial charge in [0.15, 0.2) is 0 Å². The molecule has 0 unspecified atom stereocenters. The smallest absolute Gasteiger partial charge is 0.142 e. The first kappa shape index (κ1) is 14.4. The third kappa shape index (κ3) is 3.04. The number of hydrogen-bond donors (Lipinski definition) is 1. The van der Waals surface area contributed by atoms with E-state index in [0.29, 0.717) is 13.2 Å². The first-order valence-electron chi connectivity index (χ1n) is 6.91. The lowest BCUT2D eigenvalue weighted by atomic mass is 10.1. The summed E-state index contributed by atoms with van der Waals surface area (Å²) in [6.45, 7) is 3.49. The highest BCUT2D eigenvalue weighted by atomic mass is 79.9. The quantitative estimate of drug-likeness (QED) is 0.922. The highest BCUT2D eigenvalue weighted by Crippen LogP contribution is 2.33. The first-order chi connectivity index (χ1) is 10.2. The van der Waals surface area contributed by atoms with Crippen LogP contribution in [0.15, 0.2) is 28.7 Å². The standard InChI is InChI=1S/C16H17BrN2O2/c1-10-2-3-15(14(8-18)19-10)21-9-12-7-13(17)6-11-4-5-20-16(11)12/h2-3,6-7H,4-5,8-9,18H2,1H3. The number of pyridine rings is 1. The molecule has 5 heteroatoms. The molecular formula is C16H17BrN2O2. The molecule has 0 spiro atoms. The van der Waals surface area contributed by atoms with Gasteiger partial charge in [0.25, 0.3) is 0 Å². The predicted octanol–water partition coefficient (Wildman–Crippen LogP) is 3.13. The summed E-state index contributed by atoms with van der Waals surface area (Å²) in [7, 11) is 0. The van der Waals surface area contributed by atoms with Gasteiger partial charge in [-0.15, -0.1) is 0 Å². The molecule has 1 aliphatic rings. The minimum Gasteiger partial charge on any atom is -0.493 e. The molecule has 3 rings (SSSR count). The van der Waals surface area contributed by atoms with E-state index in [2.05, 4.69) is 27.0 Å². The van der Waals surface area contributed by atoms with Crippen LogP contribution in [0.3, 0.4) is 0 Å². The van der Waals surface area contributed by atoms with E-state index in [1.807, 2.05) is 25.1 Å². The molecule has 2 aromatic rings. The average Bonchev–Trinajstić information content (AvgIpc) is 2.93. The molecule has 0 fully saturated rings. The predicted molar refractivity (Wildman–Crippen MR) is 84.5 cm³/mol. The summed E-state index contributed by atoms with van der Waals surface area (Å²) in [5.74, 6) is 1.68. The van der Waals surface area contributed by atoms with Crippen LogP contribution in [0.2, 0.25) is 0 Å². The van der Waals surface area contributed by atoms with Crippen molar-refractivity contribution >= 4 is 15.9 Å². The lowest BCUT2D eigenvalue weighted by molar-refractivity contribution is 0.288. The van der Waals surface area contributed by atoms with Gasteiger partial charge in [-0.3, -0.25) is 4.98 Å². The lowest BCUT2D eigenvalue weighted by Gasteiger charge is -2.13. The molecule has 1 aliphatic heterocycles. The lowest BCUT2D eigenvalue weighted by Crippen LogP contribution is -2.06. The van der Waals surface area contributed by atoms with Crippen molar-refractivity contribution in [1.29, 1.82) is 0 Å². The molecule has 0 amide bonds. The van der Waals surface area contributed by atoms with Crippen LogP contribution in [0.4, 0.5) is 0 Å². The second-order valence-electron chi connectivity index (χ2n) is 5.04. The summed E-state index contributed by atoms with van der Waals surface area (Å²) in [5.41, 5.74) is 9.72. The van der Waals surface area contributed by atoms with Crippen molar-refractivity contribution < 1.29 is 9.47 Å². The monoisotopic (exact) mass is 348 g/mol. The maximum Gasteiger partial charge on any atom is 0.142 e. The van der Waals surface area contributed by atoms with Gasteiger partial charge in [-0.25, -0.2) is 0 Å². The van der Waals surface area contributed by atoms with Crippen LogP contribution in [0.25, 0.3) is 0 Å². The van der Waals surface area contributed by atoms with E-state index >= 15 is 0 Å². The zero-order valence-electron chi connectivity index (χ0n) is 11.9. The fourth-order valence-corrected chi connectivity index (χ4v) is 3.04. The molecule has 110 valence electrons. The van der Waals surface area contributed by atoms with Crippen molar-refractivity contribution in [1.82, 2.24) is 4.98 Å². The van der Waals surface area contributed by atoms with Gasteiger partial charge in [0.05, 0.1) is 12.3 Å². The normalized spacial score (nSPS) is 12.9. The zero-order valence-corrected chi connectivity index (χ0v) is 13.4. The minimum atomic E-state index is 0.365. The van der Waals surface area contributed by atoms with Crippen LogP contribution >= 0.6 is 15.9 Å². The first-order valence-corrected chi connectivity index (χ1v) is 7.70. The van der Waals surface area contributed by atoms with Gasteiger partial charge in [-0.05, 0) is 36.8 Å². The van der Waals surface area contributed by atoms with Crippen molar-refractivity contribution in [3.8, 4) is 11.5 Å². The number of halogens is 1. The van der Waals surface area contributed by atoms with Crippen LogP contribution in [0.1, 0.15) is 22.5 Å². The Morgan fingerprint density at radius 3 is 3.05 bits per heavy atom. The Bertz CT molecular complexity index is 674. The molecular weight excluding hydrogens is 332 g/mol. The fourth-order valence-electron chi connectivity index (χ4n) is 2.48. The average molecular weight is 349 g/mol. The molecule has 1 aromatic carbocycles. The summed E-state index contributed by atoms with van der Waals surface area (Å²) in [6, 6.07) is 7.98. The summed E-state index contributed by atoms with van der Waals surface area (Å²) in [6.07, 6.45) is 0.946. The second kappa shape index (κ2) is 6.03. The Morgan fingerprint density at radius 2 is 2.24 bits per heavy atom. The number of hydrogen-bond acceptors (Lipinski definition) is 4. The van der Waals surface area contributed by atoms with Gasteiger partial charge in [-0.2, -0.15) is 0 Å². The van der Waals surface area contributed by atoms with E-state index in [4.69, 9.17) is 15.2 Å². The van der Waals surface area contributed by atoms with Gasteiger partial charge in [-0.1, -0.05) is 15.9 Å². The second-order valence-corrected chi connectivity index (χ2v) is 5.96. The van der Waals surface area contributed by atoms with Crippen molar-refractivity contribution in [3.05, 3.63) is 51.3 Å². The van der Waals surface area contributed by atoms with Crippen molar-refractivity contribution in [2.75, 3.05) is 6.61 Å². The zero-order chi connectivity index (χ0) is 14.8. The Balaban J connectivity index is 1.83. The van der Waals surface area contributed by atoms with Crippen LogP contribution < -0.4 is 15.2 Å². The van der Waals surface area contributed by atoms with Crippen molar-refractivity contribution in [2.24, 2.45) is 5.73 Å². The van der Waals surface area contributed by atoms with Gasteiger partial charge in [0, 0.05) is 28.7 Å². The third-order valence-electron chi connectivity index (χ3n) is 3.47. The molecule has 0 radical (unpaired) electrons. The Morgan fingerprint density at radius 1 is 1.38 bits per heavy atom. The third-order valence-corrected chi connectivity index (χ3v) is 3.93. The van der Waals surface area contributed by atoms with Gasteiger partial charge in [0.1, 0.15) is 18.1 Å². The minimum absolute atomic E-state index is 0.365. The van der Waals surface area contributed by atoms with E-state index in [9.17, 15) is 0 Å². The summed E-state index contributed by atoms with van der Waals surface area (Å²) in [5, 5.41) is 0. The molecule has 1 aromatic heterocycles. The van der Waals surface area contributed by atoms with Crippen LogP contribution in [-0.4, -0.2) is 11.6 Å². The van der Waals surface area contributed by atoms with Gasteiger partial charge >= 0.3 is 0 Å². The van der Waals surface area contributed by atoms with Crippen molar-refractivity contribution in [3.63, 3.8) is 0 Å². The maximum atomic E-state index is 5.91. The number of aryl methyl sites for hydroxylation is 1. The maximum absolute atomic E-state index is 5.91. The molecule has 0 aliphatic carbocycles. The van der Waals surface area contributed by atoms with Crippen LogP contribution in [-0.2, 0) is 19.6 Å². The number of aromatic nitrogens is 1. The SMILES string of the molecule is Cc1ccc(OCc2cc(Br)cc3c2OCC3)c(CN)n1. The molecule has 0 bridgehead atoms. The number of ether oxygens (including phenoxy) is 2. The number of rotatable bonds is 4. The Labute approximate surface area is 132 Å². The number of nitrogens with zero attached hydrogens (tertiary/aromatic N) is 1. The van der Waals surface area contributed by atoms with Crippen molar-refractivity contribution in [2.45, 2.75) is 26.5 Å². The van der Waals surface area contributed by atoms with Crippen LogP contribution in [0.5, 0.6) is 11.5 Å². The molecule has 2 N–H and O–H groups in total. The molecule has 0 saturated heterocycles. The fraction of sp³-hybridized carbons (Fsp3) is 0.312. The summed E-state index contributed by atoms with van der Waals surface area (Å²) in [4.78, 5) is 4.40. The molecule has 0 saturated carbocycles. The summed E-state index contributed by atoms with van der Waals surface area (Å²) < 4.78 is 12.7. The Kier molecular flexibility index (Phi) is 4.12. The Hall–Kier alpha value is -1.59. The molecule has 0 atom stereocenters. The highest BCUT2D eigenvalue weighted by Gasteiger charge is 2.18.